The van der Waals surface area contributed by atoms with E-state index in [1.165, 1.54) is 18.2 Å². The molecular weight excluding hydrogens is 397 g/mol. The zero-order valence-electron chi connectivity index (χ0n) is 13.8. The average molecular weight is 407 g/mol. The predicted octanol–water partition coefficient (Wildman–Crippen LogP) is 5.64. The maximum atomic E-state index is 13.1. The van der Waals surface area contributed by atoms with Gasteiger partial charge in [0.15, 0.2) is 17.6 Å². The van der Waals surface area contributed by atoms with E-state index in [-0.39, 0.29) is 23.1 Å². The van der Waals surface area contributed by atoms with Gasteiger partial charge in [-0.3, -0.25) is 0 Å². The Morgan fingerprint density at radius 1 is 1.00 bits per heavy atom. The number of hydrogen-bond acceptors (Lipinski definition) is 4. The number of benzene rings is 2. The number of alkyl halides is 3. The van der Waals surface area contributed by atoms with E-state index in [1.54, 1.807) is 24.3 Å². The van der Waals surface area contributed by atoms with E-state index in [2.05, 4.69) is 15.2 Å². The van der Waals surface area contributed by atoms with Crippen molar-refractivity contribution in [2.24, 2.45) is 15.2 Å². The molecule has 0 radical (unpaired) electrons. The molecule has 4 rings (SSSR count). The van der Waals surface area contributed by atoms with E-state index >= 15 is 0 Å². The summed E-state index contributed by atoms with van der Waals surface area (Å²) in [5.41, 5.74) is -0.872. The molecule has 2 N–H and O–H groups in total. The molecule has 0 aliphatic carbocycles. The van der Waals surface area contributed by atoms with Crippen LogP contribution in [0, 0.1) is 0 Å². The topological polar surface area (TPSA) is 82.5 Å². The molecule has 0 spiro atoms. The Labute approximate surface area is 160 Å². The van der Waals surface area contributed by atoms with E-state index in [0.29, 0.717) is 22.0 Å². The van der Waals surface area contributed by atoms with Crippen molar-refractivity contribution in [2.75, 3.05) is 0 Å². The minimum atomic E-state index is -4.68. The lowest BCUT2D eigenvalue weighted by atomic mass is 10.1. The molecule has 3 aromatic rings. The summed E-state index contributed by atoms with van der Waals surface area (Å²) in [6.07, 6.45) is -4.09. The summed E-state index contributed by atoms with van der Waals surface area (Å²) in [7, 11) is 0. The fraction of sp³-hybridized carbons (Fsp3) is 0.0556. The number of aromatic nitrogens is 1. The van der Waals surface area contributed by atoms with Gasteiger partial charge in [0.05, 0.1) is 17.6 Å². The first kappa shape index (κ1) is 18.1. The molecule has 0 fully saturated rings. The number of fused-ring (bicyclic) bond motifs is 1. The first-order valence-electron chi connectivity index (χ1n) is 7.85. The van der Waals surface area contributed by atoms with Gasteiger partial charge in [-0.05, 0) is 23.6 Å². The van der Waals surface area contributed by atoms with E-state index in [1.807, 2.05) is 0 Å². The number of aliphatic imine (C=N–C) groups is 1. The molecule has 2 aromatic carbocycles. The van der Waals surface area contributed by atoms with Crippen LogP contribution in [0.5, 0.6) is 11.8 Å². The van der Waals surface area contributed by atoms with Crippen molar-refractivity contribution >= 4 is 33.9 Å². The minimum Gasteiger partial charge on any atom is -0.494 e. The molecule has 28 heavy (non-hydrogen) atoms. The molecule has 10 heteroatoms. The molecular formula is C18H10ClF3N4O2. The largest absolute Gasteiger partial charge is 0.494 e. The smallest absolute Gasteiger partial charge is 0.421 e. The van der Waals surface area contributed by atoms with E-state index in [9.17, 15) is 23.4 Å². The highest BCUT2D eigenvalue weighted by Gasteiger charge is 2.39. The van der Waals surface area contributed by atoms with Crippen LogP contribution in [0.4, 0.5) is 18.9 Å². The van der Waals surface area contributed by atoms with Gasteiger partial charge in [-0.25, -0.2) is 9.56 Å². The lowest BCUT2D eigenvalue weighted by Crippen LogP contribution is -2.16. The SMILES string of the molecule is Oc1ccc(O)n1-c1c(N=C2N=NC=C2C(F)(F)F)ccc2cc(Cl)ccc12. The third kappa shape index (κ3) is 2.99. The van der Waals surface area contributed by atoms with Crippen molar-refractivity contribution in [3.05, 3.63) is 59.3 Å². The second kappa shape index (κ2) is 6.38. The highest BCUT2D eigenvalue weighted by atomic mass is 35.5. The van der Waals surface area contributed by atoms with E-state index in [0.717, 1.165) is 4.57 Å². The summed E-state index contributed by atoms with van der Waals surface area (Å²) >= 11 is 6.01. The molecule has 0 amide bonds. The zero-order valence-corrected chi connectivity index (χ0v) is 14.6. The van der Waals surface area contributed by atoms with E-state index in [4.69, 9.17) is 11.6 Å². The molecule has 1 aliphatic heterocycles. The van der Waals surface area contributed by atoms with Crippen LogP contribution in [0.15, 0.2) is 69.5 Å². The van der Waals surface area contributed by atoms with Gasteiger partial charge in [-0.2, -0.15) is 18.3 Å². The number of hydrogen-bond donors (Lipinski definition) is 2. The highest BCUT2D eigenvalue weighted by molar-refractivity contribution is 6.31. The Kier molecular flexibility index (Phi) is 4.11. The van der Waals surface area contributed by atoms with Crippen LogP contribution < -0.4 is 0 Å². The van der Waals surface area contributed by atoms with Crippen molar-refractivity contribution in [3.8, 4) is 17.4 Å². The lowest BCUT2D eigenvalue weighted by molar-refractivity contribution is -0.0859. The molecule has 0 atom stereocenters. The Morgan fingerprint density at radius 2 is 1.71 bits per heavy atom. The van der Waals surface area contributed by atoms with Crippen LogP contribution in [0.3, 0.4) is 0 Å². The lowest BCUT2D eigenvalue weighted by Gasteiger charge is -2.14. The molecule has 1 aliphatic rings. The van der Waals surface area contributed by atoms with Crippen molar-refractivity contribution in [2.45, 2.75) is 6.18 Å². The number of aromatic hydroxyl groups is 2. The van der Waals surface area contributed by atoms with Gasteiger partial charge in [0.1, 0.15) is 5.57 Å². The quantitative estimate of drug-likeness (QED) is 0.577. The fourth-order valence-corrected chi connectivity index (χ4v) is 3.07. The monoisotopic (exact) mass is 406 g/mol. The third-order valence-corrected chi connectivity index (χ3v) is 4.34. The fourth-order valence-electron chi connectivity index (χ4n) is 2.89. The zero-order chi connectivity index (χ0) is 20.1. The Balaban J connectivity index is 2.01. The average Bonchev–Trinajstić information content (AvgIpc) is 3.22. The van der Waals surface area contributed by atoms with Gasteiger partial charge >= 0.3 is 6.18 Å². The molecule has 142 valence electrons. The molecule has 0 saturated heterocycles. The number of halogens is 4. The van der Waals surface area contributed by atoms with Gasteiger partial charge in [0.2, 0.25) is 0 Å². The van der Waals surface area contributed by atoms with Crippen molar-refractivity contribution in [1.29, 1.82) is 0 Å². The first-order chi connectivity index (χ1) is 13.3. The Morgan fingerprint density at radius 3 is 2.39 bits per heavy atom. The summed E-state index contributed by atoms with van der Waals surface area (Å²) in [5, 5.41) is 28.7. The van der Waals surface area contributed by atoms with Gasteiger partial charge in [-0.1, -0.05) is 23.7 Å². The number of azo groups is 1. The van der Waals surface area contributed by atoms with Crippen molar-refractivity contribution in [3.63, 3.8) is 0 Å². The number of rotatable bonds is 2. The standard InChI is InChI=1S/C18H10ClF3N4O2/c19-10-2-3-11-9(7-10)1-4-13(16(11)26-14(27)5-6-15(26)28)24-17-12(8-23-25-17)18(20,21)22/h1-8,27-28H. The molecule has 0 unspecified atom stereocenters. The van der Waals surface area contributed by atoms with Gasteiger partial charge in [0, 0.05) is 22.5 Å². The second-order valence-corrected chi connectivity index (χ2v) is 6.31. The summed E-state index contributed by atoms with van der Waals surface area (Å²) in [4.78, 5) is 4.01. The van der Waals surface area contributed by atoms with E-state index < -0.39 is 17.6 Å². The van der Waals surface area contributed by atoms with Crippen LogP contribution in [0.1, 0.15) is 0 Å². The van der Waals surface area contributed by atoms with Crippen LogP contribution in [-0.2, 0) is 0 Å². The van der Waals surface area contributed by atoms with Crippen LogP contribution in [0.2, 0.25) is 5.02 Å². The minimum absolute atomic E-state index is 0.0441. The number of nitrogens with zero attached hydrogens (tertiary/aromatic N) is 4. The first-order valence-corrected chi connectivity index (χ1v) is 8.23. The molecule has 0 bridgehead atoms. The maximum absolute atomic E-state index is 13.1. The second-order valence-electron chi connectivity index (χ2n) is 5.88. The van der Waals surface area contributed by atoms with Gasteiger partial charge in [-0.15, -0.1) is 5.11 Å². The molecule has 0 saturated carbocycles. The van der Waals surface area contributed by atoms with Crippen LogP contribution in [-0.4, -0.2) is 26.8 Å². The Hall–Kier alpha value is -3.33. The maximum Gasteiger partial charge on any atom is 0.421 e. The molecule has 1 aromatic heterocycles. The van der Waals surface area contributed by atoms with Crippen LogP contribution >= 0.6 is 11.6 Å². The van der Waals surface area contributed by atoms with Crippen molar-refractivity contribution < 1.29 is 23.4 Å². The van der Waals surface area contributed by atoms with Crippen molar-refractivity contribution in [1.82, 2.24) is 4.57 Å². The summed E-state index contributed by atoms with van der Waals surface area (Å²) < 4.78 is 40.5. The summed E-state index contributed by atoms with van der Waals surface area (Å²) in [6.45, 7) is 0. The normalized spacial score (nSPS) is 15.6. The van der Waals surface area contributed by atoms with Crippen LogP contribution in [0.25, 0.3) is 16.5 Å². The summed E-state index contributed by atoms with van der Waals surface area (Å²) in [6, 6.07) is 10.4. The third-order valence-electron chi connectivity index (χ3n) is 4.11. The van der Waals surface area contributed by atoms with Gasteiger partial charge < -0.3 is 10.2 Å². The Bertz CT molecular complexity index is 1180. The highest BCUT2D eigenvalue weighted by Crippen LogP contribution is 2.40. The molecule has 6 nitrogen and oxygen atoms in total. The van der Waals surface area contributed by atoms with Gasteiger partial charge in [0.25, 0.3) is 0 Å². The summed E-state index contributed by atoms with van der Waals surface area (Å²) in [5.74, 6) is -1.25. The molecule has 2 heterocycles. The predicted molar refractivity (Wildman–Crippen MR) is 97.7 cm³/mol. The number of amidine groups is 1.